The third-order valence-electron chi connectivity index (χ3n) is 5.29. The van der Waals surface area contributed by atoms with Gasteiger partial charge >= 0.3 is 0 Å². The molecule has 0 atom stereocenters. The van der Waals surface area contributed by atoms with Crippen molar-refractivity contribution < 1.29 is 4.42 Å². The first-order chi connectivity index (χ1) is 13.6. The molecule has 2 aromatic carbocycles. The van der Waals surface area contributed by atoms with E-state index in [-0.39, 0.29) is 0 Å². The number of hydrogen-bond acceptors (Lipinski definition) is 3. The van der Waals surface area contributed by atoms with E-state index in [1.807, 2.05) is 25.3 Å². The minimum atomic E-state index is 0.662. The number of aryl methyl sites for hydroxylation is 3. The van der Waals surface area contributed by atoms with Crippen molar-refractivity contribution >= 4 is 22.1 Å². The molecule has 3 nitrogen and oxygen atoms in total. The predicted octanol–water partition coefficient (Wildman–Crippen LogP) is 6.64. The Labute approximate surface area is 163 Å². The number of fused-ring (bicyclic) bond motifs is 3. The Balaban J connectivity index is 1.74. The average Bonchev–Trinajstić information content (AvgIpc) is 3.06. The fraction of sp³-hybridized carbons (Fsp3) is 0.120. The highest BCUT2D eigenvalue weighted by Crippen LogP contribution is 2.36. The van der Waals surface area contributed by atoms with E-state index in [0.717, 1.165) is 38.9 Å². The van der Waals surface area contributed by atoms with Crippen molar-refractivity contribution in [1.82, 2.24) is 9.97 Å². The zero-order valence-corrected chi connectivity index (χ0v) is 16.2. The zero-order valence-electron chi connectivity index (χ0n) is 16.2. The van der Waals surface area contributed by atoms with Gasteiger partial charge in [-0.3, -0.25) is 4.98 Å². The molecule has 0 fully saturated rings. The number of rotatable bonds is 2. The highest BCUT2D eigenvalue weighted by atomic mass is 16.3. The van der Waals surface area contributed by atoms with Crippen molar-refractivity contribution in [3.63, 3.8) is 0 Å². The molecule has 5 aromatic rings. The number of nitrogens with zero attached hydrogens (tertiary/aromatic N) is 2. The predicted molar refractivity (Wildman–Crippen MR) is 114 cm³/mol. The van der Waals surface area contributed by atoms with Gasteiger partial charge in [-0.2, -0.15) is 0 Å². The number of aromatic nitrogens is 2. The average molecular weight is 364 g/mol. The lowest BCUT2D eigenvalue weighted by Crippen LogP contribution is -1.90. The topological polar surface area (TPSA) is 38.9 Å². The molecule has 0 amide bonds. The minimum Gasteiger partial charge on any atom is -0.437 e. The maximum absolute atomic E-state index is 6.26. The summed E-state index contributed by atoms with van der Waals surface area (Å²) in [5.74, 6) is 0. The molecule has 0 aliphatic carbocycles. The third-order valence-corrected chi connectivity index (χ3v) is 5.29. The molecular weight excluding hydrogens is 344 g/mol. The van der Waals surface area contributed by atoms with Crippen molar-refractivity contribution in [3.8, 4) is 22.5 Å². The Morgan fingerprint density at radius 3 is 2.21 bits per heavy atom. The SMILES string of the molecule is Cc1ccc(-c2cccc3c2oc2nc(-c4c(C)cccc4C)ccc23)nc1. The van der Waals surface area contributed by atoms with E-state index in [2.05, 4.69) is 67.4 Å². The molecule has 0 N–H and O–H groups in total. The summed E-state index contributed by atoms with van der Waals surface area (Å²) in [6, 6.07) is 20.8. The molecule has 0 saturated heterocycles. The first-order valence-electron chi connectivity index (χ1n) is 9.44. The summed E-state index contributed by atoms with van der Waals surface area (Å²) in [4.78, 5) is 9.44. The van der Waals surface area contributed by atoms with E-state index in [0.29, 0.717) is 5.71 Å². The lowest BCUT2D eigenvalue weighted by atomic mass is 9.99. The second-order valence-electron chi connectivity index (χ2n) is 7.32. The van der Waals surface area contributed by atoms with Gasteiger partial charge < -0.3 is 4.42 Å². The molecule has 0 unspecified atom stereocenters. The van der Waals surface area contributed by atoms with E-state index in [1.54, 1.807) is 0 Å². The van der Waals surface area contributed by atoms with Crippen LogP contribution in [0.5, 0.6) is 0 Å². The molecule has 5 rings (SSSR count). The monoisotopic (exact) mass is 364 g/mol. The van der Waals surface area contributed by atoms with Crippen LogP contribution in [-0.4, -0.2) is 9.97 Å². The van der Waals surface area contributed by atoms with E-state index in [4.69, 9.17) is 9.40 Å². The summed E-state index contributed by atoms with van der Waals surface area (Å²) < 4.78 is 6.26. The Kier molecular flexibility index (Phi) is 3.76. The third kappa shape index (κ3) is 2.59. The maximum atomic E-state index is 6.26. The normalized spacial score (nSPS) is 11.4. The Morgan fingerprint density at radius 1 is 0.714 bits per heavy atom. The molecule has 0 saturated carbocycles. The van der Waals surface area contributed by atoms with Crippen LogP contribution < -0.4 is 0 Å². The van der Waals surface area contributed by atoms with Crippen LogP contribution in [0.25, 0.3) is 44.6 Å². The number of para-hydroxylation sites is 1. The minimum absolute atomic E-state index is 0.662. The summed E-state index contributed by atoms with van der Waals surface area (Å²) in [6.07, 6.45) is 1.88. The van der Waals surface area contributed by atoms with Gasteiger partial charge in [0.1, 0.15) is 5.58 Å². The summed E-state index contributed by atoms with van der Waals surface area (Å²) in [6.45, 7) is 6.28. The molecule has 136 valence electrons. The highest BCUT2D eigenvalue weighted by molar-refractivity contribution is 6.08. The summed E-state index contributed by atoms with van der Waals surface area (Å²) in [7, 11) is 0. The quantitative estimate of drug-likeness (QED) is 0.353. The van der Waals surface area contributed by atoms with Crippen molar-refractivity contribution in [2.45, 2.75) is 20.8 Å². The maximum Gasteiger partial charge on any atom is 0.227 e. The smallest absolute Gasteiger partial charge is 0.227 e. The van der Waals surface area contributed by atoms with Crippen molar-refractivity contribution in [1.29, 1.82) is 0 Å². The molecule has 0 radical (unpaired) electrons. The van der Waals surface area contributed by atoms with E-state index >= 15 is 0 Å². The van der Waals surface area contributed by atoms with Gasteiger partial charge in [-0.15, -0.1) is 0 Å². The van der Waals surface area contributed by atoms with Crippen LogP contribution >= 0.6 is 0 Å². The van der Waals surface area contributed by atoms with E-state index in [9.17, 15) is 0 Å². The molecular formula is C25H20N2O. The van der Waals surface area contributed by atoms with Crippen molar-refractivity contribution in [3.05, 3.63) is 83.6 Å². The molecule has 0 bridgehead atoms. The fourth-order valence-electron chi connectivity index (χ4n) is 3.87. The Hall–Kier alpha value is -3.46. The second kappa shape index (κ2) is 6.31. The van der Waals surface area contributed by atoms with Gasteiger partial charge in [0.05, 0.1) is 11.4 Å². The number of benzene rings is 2. The van der Waals surface area contributed by atoms with Crippen LogP contribution in [0.3, 0.4) is 0 Å². The van der Waals surface area contributed by atoms with Crippen LogP contribution in [0, 0.1) is 20.8 Å². The van der Waals surface area contributed by atoms with Crippen LogP contribution in [0.15, 0.2) is 71.3 Å². The first kappa shape index (κ1) is 16.7. The zero-order chi connectivity index (χ0) is 19.3. The van der Waals surface area contributed by atoms with Crippen LogP contribution in [-0.2, 0) is 0 Å². The molecule has 0 spiro atoms. The summed E-state index contributed by atoms with van der Waals surface area (Å²) in [5.41, 5.74) is 9.08. The number of hydrogen-bond donors (Lipinski definition) is 0. The van der Waals surface area contributed by atoms with Crippen LogP contribution in [0.2, 0.25) is 0 Å². The summed E-state index contributed by atoms with van der Waals surface area (Å²) >= 11 is 0. The van der Waals surface area contributed by atoms with Gasteiger partial charge in [0.2, 0.25) is 5.71 Å². The molecule has 0 aliphatic heterocycles. The highest BCUT2D eigenvalue weighted by Gasteiger charge is 2.15. The molecule has 28 heavy (non-hydrogen) atoms. The number of furan rings is 1. The molecule has 3 heterocycles. The van der Waals surface area contributed by atoms with Gasteiger partial charge in [-0.25, -0.2) is 4.98 Å². The lowest BCUT2D eigenvalue weighted by molar-refractivity contribution is 0.655. The second-order valence-corrected chi connectivity index (χ2v) is 7.32. The summed E-state index contributed by atoms with van der Waals surface area (Å²) in [5, 5.41) is 2.09. The van der Waals surface area contributed by atoms with Crippen molar-refractivity contribution in [2.24, 2.45) is 0 Å². The standard InChI is InChI=1S/C25H20N2O/c1-15-10-12-21(26-14-15)20-9-5-8-18-19-11-13-22(27-25(19)28-24(18)20)23-16(2)6-4-7-17(23)3/h4-14H,1-3H3. The van der Waals surface area contributed by atoms with Gasteiger partial charge in [0, 0.05) is 28.1 Å². The van der Waals surface area contributed by atoms with Crippen molar-refractivity contribution in [2.75, 3.05) is 0 Å². The molecule has 3 aromatic heterocycles. The Bertz CT molecular complexity index is 1310. The van der Waals surface area contributed by atoms with Gasteiger partial charge in [0.25, 0.3) is 0 Å². The Morgan fingerprint density at radius 2 is 1.46 bits per heavy atom. The van der Waals surface area contributed by atoms with Gasteiger partial charge in [-0.05, 0) is 61.7 Å². The van der Waals surface area contributed by atoms with E-state index < -0.39 is 0 Å². The lowest BCUT2D eigenvalue weighted by Gasteiger charge is -2.08. The molecule has 0 aliphatic rings. The van der Waals surface area contributed by atoms with Crippen LogP contribution in [0.4, 0.5) is 0 Å². The van der Waals surface area contributed by atoms with Gasteiger partial charge in [-0.1, -0.05) is 36.4 Å². The van der Waals surface area contributed by atoms with Gasteiger partial charge in [0.15, 0.2) is 0 Å². The fourth-order valence-corrected chi connectivity index (χ4v) is 3.87. The first-order valence-corrected chi connectivity index (χ1v) is 9.44. The number of pyridine rings is 2. The molecule has 3 heteroatoms. The van der Waals surface area contributed by atoms with Crippen LogP contribution in [0.1, 0.15) is 16.7 Å². The van der Waals surface area contributed by atoms with E-state index in [1.165, 1.54) is 16.7 Å². The largest absolute Gasteiger partial charge is 0.437 e.